The van der Waals surface area contributed by atoms with E-state index in [9.17, 15) is 39.6 Å². The molecule has 10 nitrogen and oxygen atoms in total. The molecule has 1 amide bonds. The molecule has 4 unspecified atom stereocenters. The van der Waals surface area contributed by atoms with Crippen molar-refractivity contribution in [2.45, 2.75) is 24.5 Å². The molecule has 2 aromatic rings. The van der Waals surface area contributed by atoms with E-state index in [0.717, 1.165) is 0 Å². The van der Waals surface area contributed by atoms with Crippen LogP contribution in [0.3, 0.4) is 0 Å². The molecule has 0 heterocycles. The van der Waals surface area contributed by atoms with E-state index < -0.39 is 58.0 Å². The molecule has 0 radical (unpaired) electrons. The number of ketones is 2. The molecule has 4 atom stereocenters. The number of Topliss-reactive ketones (excluding diaryl/α,β-unsaturated/α-hetero) is 2. The van der Waals surface area contributed by atoms with Gasteiger partial charge in [0.15, 0.2) is 11.4 Å². The van der Waals surface area contributed by atoms with E-state index >= 15 is 0 Å². The Morgan fingerprint density at radius 1 is 1.08 bits per heavy atom. The van der Waals surface area contributed by atoms with Crippen LogP contribution in [-0.2, 0) is 20.8 Å². The van der Waals surface area contributed by atoms with E-state index in [4.69, 9.17) is 5.73 Å². The number of likely N-dealkylation sites (N-methyl/N-ethyl adjacent to an activating group) is 1. The third-order valence-corrected chi connectivity index (χ3v) is 7.96. The van der Waals surface area contributed by atoms with Gasteiger partial charge in [0.25, 0.3) is 5.91 Å². The zero-order valence-corrected chi connectivity index (χ0v) is 20.6. The summed E-state index contributed by atoms with van der Waals surface area (Å²) in [6, 6.07) is 8.62. The zero-order chi connectivity index (χ0) is 27.7. The largest absolute Gasteiger partial charge is 0.508 e. The van der Waals surface area contributed by atoms with Crippen LogP contribution in [0.4, 0.5) is 0 Å². The molecule has 2 aromatic carbocycles. The average molecular weight is 519 g/mol. The summed E-state index contributed by atoms with van der Waals surface area (Å²) in [7, 11) is 3.10. The first kappa shape index (κ1) is 25.4. The quantitative estimate of drug-likeness (QED) is 0.296. The van der Waals surface area contributed by atoms with E-state index in [1.807, 2.05) is 0 Å². The Hall–Kier alpha value is -4.28. The van der Waals surface area contributed by atoms with Crippen molar-refractivity contribution in [3.05, 3.63) is 70.0 Å². The summed E-state index contributed by atoms with van der Waals surface area (Å²) in [6.45, 7) is 0. The Bertz CT molecular complexity index is 1490. The maximum atomic E-state index is 13.9. The first-order valence-corrected chi connectivity index (χ1v) is 12.0. The highest BCUT2D eigenvalue weighted by Gasteiger charge is 2.64. The molecule has 0 spiro atoms. The molecular weight excluding hydrogens is 492 g/mol. The van der Waals surface area contributed by atoms with Gasteiger partial charge in [-0.15, -0.1) is 0 Å². The predicted octanol–water partition coefficient (Wildman–Crippen LogP) is 1.44. The summed E-state index contributed by atoms with van der Waals surface area (Å²) in [5, 5.41) is 44.6. The number of aliphatic hydroxyl groups excluding tert-OH is 2. The number of aliphatic hydroxyl groups is 3. The number of primary amides is 1. The van der Waals surface area contributed by atoms with Crippen LogP contribution in [0.1, 0.15) is 27.9 Å². The van der Waals surface area contributed by atoms with Crippen molar-refractivity contribution in [1.82, 2.24) is 4.90 Å². The number of carbonyl (C=O) groups excluding carboxylic acids is 4. The van der Waals surface area contributed by atoms with Gasteiger partial charge in [0.05, 0.1) is 11.6 Å². The van der Waals surface area contributed by atoms with Gasteiger partial charge in [-0.25, -0.2) is 0 Å². The highest BCUT2D eigenvalue weighted by Crippen LogP contribution is 2.53. The van der Waals surface area contributed by atoms with Gasteiger partial charge in [-0.1, -0.05) is 30.3 Å². The van der Waals surface area contributed by atoms with Gasteiger partial charge in [0, 0.05) is 17.1 Å². The molecule has 3 aliphatic carbocycles. The van der Waals surface area contributed by atoms with Crippen molar-refractivity contribution >= 4 is 29.5 Å². The van der Waals surface area contributed by atoms with Crippen LogP contribution in [-0.4, -0.2) is 74.8 Å². The lowest BCUT2D eigenvalue weighted by Crippen LogP contribution is -2.65. The third kappa shape index (κ3) is 3.34. The molecule has 0 aromatic heterocycles. The molecule has 3 aliphatic rings. The summed E-state index contributed by atoms with van der Waals surface area (Å²) in [5.74, 6) is -6.92. The van der Waals surface area contributed by atoms with Gasteiger partial charge < -0.3 is 26.2 Å². The van der Waals surface area contributed by atoms with E-state index in [1.54, 1.807) is 44.4 Å². The molecule has 10 heteroatoms. The highest BCUT2D eigenvalue weighted by molar-refractivity contribution is 6.24. The van der Waals surface area contributed by atoms with E-state index in [2.05, 4.69) is 0 Å². The van der Waals surface area contributed by atoms with E-state index in [0.29, 0.717) is 28.5 Å². The van der Waals surface area contributed by atoms with Crippen molar-refractivity contribution in [2.75, 3.05) is 14.1 Å². The lowest BCUT2D eigenvalue weighted by Gasteiger charge is -2.50. The summed E-state index contributed by atoms with van der Waals surface area (Å²) in [5.41, 5.74) is 4.02. The van der Waals surface area contributed by atoms with E-state index in [1.165, 1.54) is 11.0 Å². The van der Waals surface area contributed by atoms with Crippen molar-refractivity contribution in [3.63, 3.8) is 0 Å². The van der Waals surface area contributed by atoms with Crippen molar-refractivity contribution in [2.24, 2.45) is 17.6 Å². The van der Waals surface area contributed by atoms with Gasteiger partial charge in [-0.3, -0.25) is 24.1 Å². The Labute approximate surface area is 217 Å². The number of nitrogens with two attached hydrogens (primary N) is 1. The lowest BCUT2D eigenvalue weighted by molar-refractivity contribution is -0.153. The summed E-state index contributed by atoms with van der Waals surface area (Å²) >= 11 is 0. The summed E-state index contributed by atoms with van der Waals surface area (Å²) < 4.78 is 0. The number of carbonyl (C=O) groups is 4. The molecule has 0 saturated heterocycles. The second kappa shape index (κ2) is 8.64. The number of nitrogens with zero attached hydrogens (tertiary/aromatic N) is 1. The van der Waals surface area contributed by atoms with Gasteiger partial charge in [0.1, 0.15) is 29.1 Å². The monoisotopic (exact) mass is 518 g/mol. The normalized spacial score (nSPS) is 26.7. The Kier molecular flexibility index (Phi) is 5.77. The molecule has 1 saturated carbocycles. The Morgan fingerprint density at radius 2 is 1.74 bits per heavy atom. The molecule has 1 fully saturated rings. The molecule has 0 aliphatic heterocycles. The molecular formula is C28H26N2O8. The Balaban J connectivity index is 1.72. The SMILES string of the molecule is CN(C)C1C(=O)C(C(N)=O)=C(O)C2(O)C(=O)C3=C(O)c4c(O)ccc(-c5ccc(C=O)cc5)c4CC3CC12. The number of hydrogen-bond donors (Lipinski definition) is 5. The number of amides is 1. The third-order valence-electron chi connectivity index (χ3n) is 7.96. The lowest BCUT2D eigenvalue weighted by atomic mass is 9.57. The maximum Gasteiger partial charge on any atom is 0.255 e. The van der Waals surface area contributed by atoms with Crippen LogP contribution in [0.25, 0.3) is 16.9 Å². The first-order chi connectivity index (χ1) is 17.9. The number of aromatic hydroxyl groups is 1. The number of fused-ring (bicyclic) bond motifs is 3. The fourth-order valence-electron chi connectivity index (χ4n) is 6.26. The minimum Gasteiger partial charge on any atom is -0.508 e. The first-order valence-electron chi connectivity index (χ1n) is 12.0. The average Bonchev–Trinajstić information content (AvgIpc) is 2.86. The summed E-state index contributed by atoms with van der Waals surface area (Å²) in [4.78, 5) is 51.7. The van der Waals surface area contributed by atoms with Gasteiger partial charge in [-0.2, -0.15) is 0 Å². The minimum absolute atomic E-state index is 0.00490. The molecule has 0 bridgehead atoms. The van der Waals surface area contributed by atoms with Crippen molar-refractivity contribution in [1.29, 1.82) is 0 Å². The minimum atomic E-state index is -2.68. The topological polar surface area (TPSA) is 178 Å². The Morgan fingerprint density at radius 3 is 2.32 bits per heavy atom. The number of hydrogen-bond acceptors (Lipinski definition) is 9. The standard InChI is InChI=1S/C28H26N2O8/c1-30(2)22-17-10-14-9-16-15(13-5-3-12(11-31)4-6-13)7-8-18(32)20(16)23(33)19(14)25(35)28(17,38)26(36)21(24(22)34)27(29)37/h3-8,11,14,17,22,32-33,36,38H,9-10H2,1-2H3,(H2,29,37). The van der Waals surface area contributed by atoms with Crippen LogP contribution in [0, 0.1) is 11.8 Å². The fourth-order valence-corrected chi connectivity index (χ4v) is 6.26. The second-order valence-electron chi connectivity index (χ2n) is 10.2. The number of aldehydes is 1. The maximum absolute atomic E-state index is 13.9. The zero-order valence-electron chi connectivity index (χ0n) is 20.6. The smallest absolute Gasteiger partial charge is 0.255 e. The molecule has 196 valence electrons. The van der Waals surface area contributed by atoms with Crippen LogP contribution < -0.4 is 5.73 Å². The van der Waals surface area contributed by atoms with Crippen LogP contribution in [0.15, 0.2) is 53.3 Å². The van der Waals surface area contributed by atoms with Crippen LogP contribution in [0.2, 0.25) is 0 Å². The summed E-state index contributed by atoms with van der Waals surface area (Å²) in [6.07, 6.45) is 0.893. The fraction of sp³-hybridized carbons (Fsp3) is 0.286. The molecule has 38 heavy (non-hydrogen) atoms. The van der Waals surface area contributed by atoms with Gasteiger partial charge >= 0.3 is 0 Å². The molecule has 5 rings (SSSR count). The molecule has 6 N–H and O–H groups in total. The second-order valence-corrected chi connectivity index (χ2v) is 10.2. The number of benzene rings is 2. The van der Waals surface area contributed by atoms with Crippen molar-refractivity contribution in [3.8, 4) is 16.9 Å². The van der Waals surface area contributed by atoms with Gasteiger partial charge in [-0.05, 0) is 55.6 Å². The number of phenols is 1. The highest BCUT2D eigenvalue weighted by atomic mass is 16.3. The van der Waals surface area contributed by atoms with E-state index in [-0.39, 0.29) is 29.7 Å². The van der Waals surface area contributed by atoms with Crippen molar-refractivity contribution < 1.29 is 39.6 Å². The van der Waals surface area contributed by atoms with Crippen LogP contribution >= 0.6 is 0 Å². The van der Waals surface area contributed by atoms with Crippen LogP contribution in [0.5, 0.6) is 5.75 Å². The van der Waals surface area contributed by atoms with Gasteiger partial charge in [0.2, 0.25) is 5.78 Å². The number of rotatable bonds is 4. The number of phenolic OH excluding ortho intramolecular Hbond substituents is 1. The predicted molar refractivity (Wildman–Crippen MR) is 135 cm³/mol.